The lowest BCUT2D eigenvalue weighted by molar-refractivity contribution is 0.102. The Balaban J connectivity index is 1.95. The number of carbonyl (C=O) groups is 1. The quantitative estimate of drug-likeness (QED) is 0.607. The number of aryl methyl sites for hydroxylation is 1. The average Bonchev–Trinajstić information content (AvgIpc) is 2.69. The molecule has 11 heteroatoms. The molecule has 0 spiro atoms. The number of carbonyl (C=O) groups excluding carboxylic acids is 1. The minimum atomic E-state index is -3.76. The van der Waals surface area contributed by atoms with Crippen LogP contribution >= 0.6 is 0 Å². The van der Waals surface area contributed by atoms with Crippen molar-refractivity contribution >= 4 is 32.7 Å². The first-order valence-electron chi connectivity index (χ1n) is 9.01. The highest BCUT2D eigenvalue weighted by atomic mass is 32.2. The van der Waals surface area contributed by atoms with Crippen LogP contribution in [-0.4, -0.2) is 34.5 Å². The van der Waals surface area contributed by atoms with Gasteiger partial charge in [-0.1, -0.05) is 6.07 Å². The lowest BCUT2D eigenvalue weighted by Gasteiger charge is -2.11. The van der Waals surface area contributed by atoms with Crippen molar-refractivity contribution in [2.24, 2.45) is 14.1 Å². The van der Waals surface area contributed by atoms with Crippen molar-refractivity contribution in [1.82, 2.24) is 18.8 Å². The van der Waals surface area contributed by atoms with Crippen LogP contribution in [0, 0.1) is 0 Å². The largest absolute Gasteiger partial charge is 0.332 e. The minimum Gasteiger partial charge on any atom is -0.321 e. The van der Waals surface area contributed by atoms with Crippen LogP contribution in [0.5, 0.6) is 0 Å². The van der Waals surface area contributed by atoms with E-state index in [9.17, 15) is 22.8 Å². The van der Waals surface area contributed by atoms with Crippen LogP contribution < -0.4 is 21.3 Å². The number of amides is 1. The maximum absolute atomic E-state index is 12.6. The number of hydrogen-bond acceptors (Lipinski definition) is 6. The summed E-state index contributed by atoms with van der Waals surface area (Å²) < 4.78 is 29.3. The Hall–Kier alpha value is -3.31. The van der Waals surface area contributed by atoms with Crippen molar-refractivity contribution < 1.29 is 13.2 Å². The Morgan fingerprint density at radius 1 is 1.10 bits per heavy atom. The number of nitrogens with zero attached hydrogens (tertiary/aromatic N) is 3. The van der Waals surface area contributed by atoms with Crippen molar-refractivity contribution in [3.8, 4) is 0 Å². The summed E-state index contributed by atoms with van der Waals surface area (Å²) in [6.07, 6.45) is 1.32. The topological polar surface area (TPSA) is 132 Å². The Morgan fingerprint density at radius 2 is 1.80 bits per heavy atom. The molecule has 2 heterocycles. The third kappa shape index (κ3) is 4.02. The van der Waals surface area contributed by atoms with Crippen LogP contribution in [0.3, 0.4) is 0 Å². The van der Waals surface area contributed by atoms with E-state index in [1.807, 2.05) is 0 Å². The number of sulfonamides is 1. The normalized spacial score (nSPS) is 11.8. The molecule has 3 rings (SSSR count). The van der Waals surface area contributed by atoms with E-state index in [4.69, 9.17) is 0 Å². The maximum Gasteiger partial charge on any atom is 0.332 e. The fraction of sp³-hybridized carbons (Fsp3) is 0.263. The van der Waals surface area contributed by atoms with E-state index in [2.05, 4.69) is 15.0 Å². The molecule has 158 valence electrons. The maximum atomic E-state index is 12.6. The van der Waals surface area contributed by atoms with Crippen LogP contribution in [0.25, 0.3) is 11.0 Å². The third-order valence-corrected chi connectivity index (χ3v) is 6.00. The highest BCUT2D eigenvalue weighted by molar-refractivity contribution is 7.89. The fourth-order valence-corrected chi connectivity index (χ4v) is 4.22. The van der Waals surface area contributed by atoms with Crippen molar-refractivity contribution in [2.45, 2.75) is 24.8 Å². The van der Waals surface area contributed by atoms with Crippen molar-refractivity contribution in [3.05, 3.63) is 62.9 Å². The van der Waals surface area contributed by atoms with Gasteiger partial charge in [0.05, 0.1) is 22.2 Å². The van der Waals surface area contributed by atoms with E-state index in [0.717, 1.165) is 4.57 Å². The van der Waals surface area contributed by atoms with Gasteiger partial charge in [0.2, 0.25) is 10.0 Å². The van der Waals surface area contributed by atoms with Crippen molar-refractivity contribution in [3.63, 3.8) is 0 Å². The van der Waals surface area contributed by atoms with Crippen molar-refractivity contribution in [1.29, 1.82) is 0 Å². The number of rotatable bonds is 5. The summed E-state index contributed by atoms with van der Waals surface area (Å²) in [5.41, 5.74) is -0.504. The van der Waals surface area contributed by atoms with Gasteiger partial charge >= 0.3 is 5.69 Å². The zero-order valence-electron chi connectivity index (χ0n) is 16.8. The fourth-order valence-electron chi connectivity index (χ4n) is 2.92. The third-order valence-electron chi connectivity index (χ3n) is 4.35. The lowest BCUT2D eigenvalue weighted by Crippen LogP contribution is -2.37. The summed E-state index contributed by atoms with van der Waals surface area (Å²) in [5.74, 6) is -0.570. The molecule has 2 N–H and O–H groups in total. The molecular weight excluding hydrogens is 410 g/mol. The Labute approximate surface area is 172 Å². The van der Waals surface area contributed by atoms with Crippen LogP contribution in [0.2, 0.25) is 0 Å². The van der Waals surface area contributed by atoms with E-state index >= 15 is 0 Å². The highest BCUT2D eigenvalue weighted by Crippen LogP contribution is 2.16. The molecule has 0 bridgehead atoms. The standard InChI is InChI=1S/C19H21N5O5S/c1-11(2)22-30(28,29)14-7-5-6-12(8-14)17(25)21-13-9-15-16(20-10-13)23(3)19(27)24(4)18(15)26/h5-11,22H,1-4H3,(H,21,25). The van der Waals surface area contributed by atoms with E-state index in [0.29, 0.717) is 0 Å². The van der Waals surface area contributed by atoms with Gasteiger partial charge in [-0.2, -0.15) is 0 Å². The zero-order valence-corrected chi connectivity index (χ0v) is 17.6. The molecule has 0 unspecified atom stereocenters. The van der Waals surface area contributed by atoms with Gasteiger partial charge in [0.25, 0.3) is 11.5 Å². The molecule has 0 fully saturated rings. The predicted octanol–water partition coefficient (Wildman–Crippen LogP) is 0.571. The smallest absolute Gasteiger partial charge is 0.321 e. The van der Waals surface area contributed by atoms with Crippen LogP contribution in [0.15, 0.2) is 51.0 Å². The summed E-state index contributed by atoms with van der Waals surface area (Å²) in [6, 6.07) is 6.72. The molecule has 0 atom stereocenters. The Kier molecular flexibility index (Phi) is 5.59. The van der Waals surface area contributed by atoms with Gasteiger partial charge in [-0.3, -0.25) is 18.7 Å². The Morgan fingerprint density at radius 3 is 2.47 bits per heavy atom. The van der Waals surface area contributed by atoms with Gasteiger partial charge in [0.15, 0.2) is 0 Å². The molecule has 0 radical (unpaired) electrons. The number of hydrogen-bond donors (Lipinski definition) is 2. The number of fused-ring (bicyclic) bond motifs is 1. The molecule has 0 aliphatic heterocycles. The van der Waals surface area contributed by atoms with Crippen molar-refractivity contribution in [2.75, 3.05) is 5.32 Å². The summed E-state index contributed by atoms with van der Waals surface area (Å²) in [5, 5.41) is 2.76. The van der Waals surface area contributed by atoms with Crippen LogP contribution in [0.4, 0.5) is 5.69 Å². The Bertz CT molecular complexity index is 1370. The summed E-state index contributed by atoms with van der Waals surface area (Å²) in [4.78, 5) is 41.1. The van der Waals surface area contributed by atoms with Gasteiger partial charge in [-0.05, 0) is 38.1 Å². The zero-order chi connectivity index (χ0) is 22.2. The molecule has 1 aromatic carbocycles. The van der Waals surface area contributed by atoms with E-state index < -0.39 is 27.2 Å². The first-order chi connectivity index (χ1) is 14.0. The molecule has 1 amide bonds. The monoisotopic (exact) mass is 431 g/mol. The summed E-state index contributed by atoms with van der Waals surface area (Å²) in [6.45, 7) is 3.39. The summed E-state index contributed by atoms with van der Waals surface area (Å²) in [7, 11) is -0.909. The molecule has 0 aliphatic carbocycles. The van der Waals surface area contributed by atoms with E-state index in [-0.39, 0.29) is 33.2 Å². The van der Waals surface area contributed by atoms with Crippen LogP contribution in [-0.2, 0) is 24.1 Å². The minimum absolute atomic E-state index is 0.0376. The number of aromatic nitrogens is 3. The van der Waals surface area contributed by atoms with Gasteiger partial charge < -0.3 is 5.32 Å². The number of anilines is 1. The van der Waals surface area contributed by atoms with Gasteiger partial charge in [0, 0.05) is 25.7 Å². The van der Waals surface area contributed by atoms with E-state index in [1.165, 1.54) is 55.2 Å². The van der Waals surface area contributed by atoms with Gasteiger partial charge in [-0.15, -0.1) is 0 Å². The van der Waals surface area contributed by atoms with Gasteiger partial charge in [-0.25, -0.2) is 22.9 Å². The molecule has 3 aromatic rings. The predicted molar refractivity (Wildman–Crippen MR) is 112 cm³/mol. The molecular formula is C19H21N5O5S. The second kappa shape index (κ2) is 7.84. The first kappa shape index (κ1) is 21.4. The molecule has 2 aromatic heterocycles. The summed E-state index contributed by atoms with van der Waals surface area (Å²) >= 11 is 0. The van der Waals surface area contributed by atoms with Crippen LogP contribution in [0.1, 0.15) is 24.2 Å². The SMILES string of the molecule is CC(C)NS(=O)(=O)c1cccc(C(=O)Nc2cnc3c(c2)c(=O)n(C)c(=O)n3C)c1. The van der Waals surface area contributed by atoms with Gasteiger partial charge in [0.1, 0.15) is 5.65 Å². The molecule has 30 heavy (non-hydrogen) atoms. The molecule has 0 aliphatic rings. The molecule has 0 saturated carbocycles. The number of nitrogens with one attached hydrogen (secondary N) is 2. The average molecular weight is 431 g/mol. The molecule has 0 saturated heterocycles. The molecule has 10 nitrogen and oxygen atoms in total. The highest BCUT2D eigenvalue weighted by Gasteiger charge is 2.18. The lowest BCUT2D eigenvalue weighted by atomic mass is 10.2. The number of benzene rings is 1. The number of pyridine rings is 1. The van der Waals surface area contributed by atoms with E-state index in [1.54, 1.807) is 13.8 Å². The second-order valence-electron chi connectivity index (χ2n) is 7.06. The first-order valence-corrected chi connectivity index (χ1v) is 10.5. The second-order valence-corrected chi connectivity index (χ2v) is 8.77.